The highest BCUT2D eigenvalue weighted by atomic mass is 16.2. The first kappa shape index (κ1) is 26.1. The topological polar surface area (TPSA) is 116 Å². The molecule has 0 fully saturated rings. The Morgan fingerprint density at radius 2 is 1.56 bits per heavy atom. The Morgan fingerprint density at radius 3 is 2.22 bits per heavy atom. The van der Waals surface area contributed by atoms with Crippen LogP contribution in [0.15, 0.2) is 88.5 Å². The van der Waals surface area contributed by atoms with Crippen LogP contribution in [-0.4, -0.2) is 39.3 Å². The Balaban J connectivity index is 1.47. The molecule has 0 saturated heterocycles. The molecular formula is C31H30N8O2. The van der Waals surface area contributed by atoms with Gasteiger partial charge in [0.2, 0.25) is 5.82 Å². The van der Waals surface area contributed by atoms with Crippen molar-refractivity contribution in [3.8, 4) is 28.2 Å². The lowest BCUT2D eigenvalue weighted by atomic mass is 9.98. The van der Waals surface area contributed by atoms with Crippen molar-refractivity contribution in [2.75, 3.05) is 0 Å². The van der Waals surface area contributed by atoms with Crippen LogP contribution in [0.5, 0.6) is 0 Å². The van der Waals surface area contributed by atoms with Gasteiger partial charge in [0.15, 0.2) is 11.2 Å². The molecule has 1 N–H and O–H groups in total. The summed E-state index contributed by atoms with van der Waals surface area (Å²) in [6.07, 6.45) is 0.617. The average molecular weight is 547 g/mol. The molecule has 3 heterocycles. The van der Waals surface area contributed by atoms with Crippen molar-refractivity contribution in [3.05, 3.63) is 111 Å². The Labute approximate surface area is 235 Å². The number of tetrazole rings is 1. The van der Waals surface area contributed by atoms with Crippen LogP contribution in [0.25, 0.3) is 39.4 Å². The number of nitrogens with zero attached hydrogens (tertiary/aromatic N) is 7. The van der Waals surface area contributed by atoms with Crippen molar-refractivity contribution >= 4 is 11.2 Å². The van der Waals surface area contributed by atoms with Gasteiger partial charge in [-0.15, -0.1) is 10.2 Å². The van der Waals surface area contributed by atoms with Crippen molar-refractivity contribution in [1.82, 2.24) is 39.3 Å². The van der Waals surface area contributed by atoms with Gasteiger partial charge in [0.25, 0.3) is 5.56 Å². The van der Waals surface area contributed by atoms with Gasteiger partial charge in [-0.05, 0) is 40.0 Å². The number of imidazole rings is 1. The maximum absolute atomic E-state index is 14.0. The first-order valence-electron chi connectivity index (χ1n) is 13.7. The third kappa shape index (κ3) is 4.77. The third-order valence-corrected chi connectivity index (χ3v) is 7.11. The summed E-state index contributed by atoms with van der Waals surface area (Å²) in [5.74, 6) is 1.48. The van der Waals surface area contributed by atoms with Crippen molar-refractivity contribution in [3.63, 3.8) is 0 Å². The molecule has 0 amide bonds. The molecule has 0 aliphatic heterocycles. The number of fused-ring (bicyclic) bond motifs is 1. The lowest BCUT2D eigenvalue weighted by Gasteiger charge is -2.14. The molecule has 41 heavy (non-hydrogen) atoms. The maximum Gasteiger partial charge on any atom is 0.337 e. The number of rotatable bonds is 8. The number of hydrogen-bond acceptors (Lipinski definition) is 6. The lowest BCUT2D eigenvalue weighted by Crippen LogP contribution is -2.40. The third-order valence-electron chi connectivity index (χ3n) is 7.11. The number of H-pyrrole nitrogens is 1. The first-order valence-corrected chi connectivity index (χ1v) is 13.7. The number of hydrogen-bond donors (Lipinski definition) is 1. The summed E-state index contributed by atoms with van der Waals surface area (Å²) < 4.78 is 4.86. The van der Waals surface area contributed by atoms with E-state index in [-0.39, 0.29) is 17.2 Å². The normalized spacial score (nSPS) is 11.5. The van der Waals surface area contributed by atoms with Gasteiger partial charge in [-0.1, -0.05) is 87.5 Å². The molecule has 10 nitrogen and oxygen atoms in total. The van der Waals surface area contributed by atoms with E-state index in [0.717, 1.165) is 28.1 Å². The molecule has 6 rings (SSSR count). The second-order valence-corrected chi connectivity index (χ2v) is 10.4. The highest BCUT2D eigenvalue weighted by Gasteiger charge is 2.22. The zero-order chi connectivity index (χ0) is 28.5. The summed E-state index contributed by atoms with van der Waals surface area (Å²) in [6, 6.07) is 25.2. The molecule has 0 bridgehead atoms. The summed E-state index contributed by atoms with van der Waals surface area (Å²) in [5, 5.41) is 14.5. The van der Waals surface area contributed by atoms with E-state index >= 15 is 0 Å². The van der Waals surface area contributed by atoms with Gasteiger partial charge in [-0.3, -0.25) is 9.36 Å². The van der Waals surface area contributed by atoms with Crippen LogP contribution in [0, 0.1) is 5.92 Å². The zero-order valence-electron chi connectivity index (χ0n) is 23.2. The first-order chi connectivity index (χ1) is 20.0. The minimum atomic E-state index is -0.376. The smallest absolute Gasteiger partial charge is 0.318 e. The number of nitrogens with one attached hydrogen (secondary N) is 1. The van der Waals surface area contributed by atoms with Gasteiger partial charge in [-0.2, -0.15) is 5.21 Å². The molecular weight excluding hydrogens is 516 g/mol. The summed E-state index contributed by atoms with van der Waals surface area (Å²) in [5.41, 5.74) is 4.55. The predicted octanol–water partition coefficient (Wildman–Crippen LogP) is 4.46. The molecule has 6 aromatic rings. The Bertz CT molecular complexity index is 1930. The molecule has 0 atom stereocenters. The van der Waals surface area contributed by atoms with Gasteiger partial charge in [-0.25, -0.2) is 14.3 Å². The minimum absolute atomic E-state index is 0.190. The van der Waals surface area contributed by atoms with Crippen LogP contribution in [0.1, 0.15) is 32.2 Å². The van der Waals surface area contributed by atoms with Crippen LogP contribution >= 0.6 is 0 Å². The Morgan fingerprint density at radius 1 is 0.854 bits per heavy atom. The maximum atomic E-state index is 14.0. The predicted molar refractivity (Wildman–Crippen MR) is 158 cm³/mol. The van der Waals surface area contributed by atoms with E-state index in [1.54, 1.807) is 16.7 Å². The molecule has 0 aliphatic carbocycles. The van der Waals surface area contributed by atoms with E-state index in [4.69, 9.17) is 4.98 Å². The molecule has 0 saturated carbocycles. The molecule has 0 aliphatic rings. The second-order valence-electron chi connectivity index (χ2n) is 10.4. The zero-order valence-corrected chi connectivity index (χ0v) is 23.2. The van der Waals surface area contributed by atoms with Crippen molar-refractivity contribution in [1.29, 1.82) is 0 Å². The molecule has 10 heteroatoms. The quantitative estimate of drug-likeness (QED) is 0.301. The number of benzene rings is 3. The number of aryl methyl sites for hydroxylation is 1. The SMILES string of the molecule is CCc1nc2c(c(=O)n(-c3ccccc3)c(=O)n2CC(C)C)n1Cc1ccc(-c2ccccc2-c2nn[nH]n2)cc1. The largest absolute Gasteiger partial charge is 0.337 e. The molecule has 0 radical (unpaired) electrons. The molecule has 3 aromatic carbocycles. The van der Waals surface area contributed by atoms with E-state index in [2.05, 4.69) is 32.8 Å². The molecule has 0 spiro atoms. The van der Waals surface area contributed by atoms with Gasteiger partial charge in [0.1, 0.15) is 5.82 Å². The van der Waals surface area contributed by atoms with E-state index < -0.39 is 0 Å². The van der Waals surface area contributed by atoms with Crippen LogP contribution in [0.4, 0.5) is 0 Å². The average Bonchev–Trinajstić information content (AvgIpc) is 3.65. The Kier molecular flexibility index (Phi) is 6.88. The number of aromatic nitrogens is 8. The second kappa shape index (κ2) is 10.8. The minimum Gasteiger partial charge on any atom is -0.318 e. The van der Waals surface area contributed by atoms with Gasteiger partial charge in [0.05, 0.1) is 5.69 Å². The van der Waals surface area contributed by atoms with Crippen LogP contribution < -0.4 is 11.2 Å². The fourth-order valence-corrected chi connectivity index (χ4v) is 5.24. The summed E-state index contributed by atoms with van der Waals surface area (Å²) in [6.45, 7) is 7.00. The van der Waals surface area contributed by atoms with Crippen LogP contribution in [0.3, 0.4) is 0 Å². The molecule has 3 aromatic heterocycles. The van der Waals surface area contributed by atoms with Crippen LogP contribution in [-0.2, 0) is 19.5 Å². The van der Waals surface area contributed by atoms with Crippen molar-refractivity contribution in [2.45, 2.75) is 40.3 Å². The lowest BCUT2D eigenvalue weighted by molar-refractivity contribution is 0.506. The van der Waals surface area contributed by atoms with Gasteiger partial charge >= 0.3 is 5.69 Å². The Hall–Kier alpha value is -5.12. The van der Waals surface area contributed by atoms with Crippen molar-refractivity contribution in [2.24, 2.45) is 5.92 Å². The number of para-hydroxylation sites is 1. The van der Waals surface area contributed by atoms with E-state index in [0.29, 0.717) is 42.2 Å². The van der Waals surface area contributed by atoms with E-state index in [1.807, 2.05) is 79.9 Å². The van der Waals surface area contributed by atoms with Gasteiger partial charge < -0.3 is 4.57 Å². The van der Waals surface area contributed by atoms with Crippen molar-refractivity contribution < 1.29 is 0 Å². The highest BCUT2D eigenvalue weighted by Crippen LogP contribution is 2.30. The standard InChI is InChI=1S/C31H30N8O2/c1-4-26-32-29-27(30(40)39(23-10-6-5-7-11-23)31(41)38(29)18-20(2)3)37(26)19-21-14-16-22(17-15-21)24-12-8-9-13-25(24)28-33-35-36-34-28/h5-17,20H,4,18-19H2,1-3H3,(H,33,34,35,36). The number of aromatic amines is 1. The van der Waals surface area contributed by atoms with Gasteiger partial charge in [0, 0.05) is 25.1 Å². The molecule has 206 valence electrons. The summed E-state index contributed by atoms with van der Waals surface area (Å²) in [4.78, 5) is 32.5. The molecule has 0 unspecified atom stereocenters. The van der Waals surface area contributed by atoms with E-state index in [9.17, 15) is 9.59 Å². The fraction of sp³-hybridized carbons (Fsp3) is 0.226. The fourth-order valence-electron chi connectivity index (χ4n) is 5.24. The highest BCUT2D eigenvalue weighted by molar-refractivity contribution is 5.80. The van der Waals surface area contributed by atoms with E-state index in [1.165, 1.54) is 4.57 Å². The summed E-state index contributed by atoms with van der Waals surface area (Å²) in [7, 11) is 0. The van der Waals surface area contributed by atoms with Crippen LogP contribution in [0.2, 0.25) is 0 Å². The monoisotopic (exact) mass is 546 g/mol. The summed E-state index contributed by atoms with van der Waals surface area (Å²) >= 11 is 0.